The van der Waals surface area contributed by atoms with Gasteiger partial charge in [-0.25, -0.2) is 0 Å². The summed E-state index contributed by atoms with van der Waals surface area (Å²) in [6, 6.07) is -0.135. The van der Waals surface area contributed by atoms with Crippen molar-refractivity contribution in [3.05, 3.63) is 0 Å². The molecule has 1 amide bonds. The number of amides is 1. The molecule has 3 heteroatoms. The number of likely N-dealkylation sites (tertiary alicyclic amines) is 1. The van der Waals surface area contributed by atoms with E-state index in [1.807, 2.05) is 6.92 Å². The first-order chi connectivity index (χ1) is 5.79. The largest absolute Gasteiger partial charge is 0.333 e. The lowest BCUT2D eigenvalue weighted by atomic mass is 10.2. The summed E-state index contributed by atoms with van der Waals surface area (Å²) in [4.78, 5) is 23.6. The second-order valence-electron chi connectivity index (χ2n) is 3.18. The molecule has 1 rings (SSSR count). The van der Waals surface area contributed by atoms with Gasteiger partial charge in [0, 0.05) is 13.0 Å². The Hall–Kier alpha value is -0.860. The van der Waals surface area contributed by atoms with Crippen molar-refractivity contribution in [1.82, 2.24) is 4.90 Å². The van der Waals surface area contributed by atoms with Gasteiger partial charge in [0.25, 0.3) is 0 Å². The van der Waals surface area contributed by atoms with Gasteiger partial charge in [0.2, 0.25) is 5.91 Å². The van der Waals surface area contributed by atoms with E-state index >= 15 is 0 Å². The summed E-state index contributed by atoms with van der Waals surface area (Å²) >= 11 is 0. The molecule has 68 valence electrons. The first-order valence-electron chi connectivity index (χ1n) is 4.54. The fourth-order valence-corrected chi connectivity index (χ4v) is 1.60. The Labute approximate surface area is 72.7 Å². The van der Waals surface area contributed by atoms with E-state index < -0.39 is 0 Å². The lowest BCUT2D eigenvalue weighted by Gasteiger charge is -2.19. The van der Waals surface area contributed by atoms with Crippen LogP contribution in [-0.2, 0) is 9.59 Å². The van der Waals surface area contributed by atoms with Crippen LogP contribution in [0.1, 0.15) is 32.6 Å². The molecule has 0 aromatic rings. The number of carbonyl (C=O) groups is 2. The highest BCUT2D eigenvalue weighted by Crippen LogP contribution is 2.16. The van der Waals surface area contributed by atoms with Gasteiger partial charge < -0.3 is 9.69 Å². The van der Waals surface area contributed by atoms with Crippen molar-refractivity contribution in [3.63, 3.8) is 0 Å². The molecule has 0 N–H and O–H groups in total. The van der Waals surface area contributed by atoms with Crippen LogP contribution in [0.25, 0.3) is 0 Å². The summed E-state index contributed by atoms with van der Waals surface area (Å²) in [5.74, 6) is 0.132. The number of nitrogens with zero attached hydrogens (tertiary/aromatic N) is 1. The standard InChI is InChI=1S/C9H15NO2/c1-2-4-9(12)10-6-3-5-8(10)7-11/h7-8H,2-6H2,1H3/t8-/m0/s1. The smallest absolute Gasteiger partial charge is 0.223 e. The van der Waals surface area contributed by atoms with Crippen LogP contribution in [0.2, 0.25) is 0 Å². The monoisotopic (exact) mass is 169 g/mol. The minimum absolute atomic E-state index is 0.132. The molecule has 0 saturated carbocycles. The molecule has 0 bridgehead atoms. The summed E-state index contributed by atoms with van der Waals surface area (Å²) < 4.78 is 0. The summed E-state index contributed by atoms with van der Waals surface area (Å²) in [6.45, 7) is 2.74. The van der Waals surface area contributed by atoms with Crippen molar-refractivity contribution in [2.45, 2.75) is 38.6 Å². The highest BCUT2D eigenvalue weighted by molar-refractivity contribution is 5.80. The van der Waals surface area contributed by atoms with Gasteiger partial charge in [0.05, 0.1) is 6.04 Å². The molecule has 1 aliphatic heterocycles. The summed E-state index contributed by atoms with van der Waals surface area (Å²) in [5, 5.41) is 0. The maximum Gasteiger partial charge on any atom is 0.223 e. The zero-order valence-electron chi connectivity index (χ0n) is 7.45. The molecule has 1 fully saturated rings. The Morgan fingerprint density at radius 1 is 1.67 bits per heavy atom. The Balaban J connectivity index is 2.49. The van der Waals surface area contributed by atoms with E-state index in [9.17, 15) is 9.59 Å². The minimum Gasteiger partial charge on any atom is -0.333 e. The predicted octanol–water partition coefficient (Wildman–Crippen LogP) is 0.976. The van der Waals surface area contributed by atoms with Gasteiger partial charge in [-0.1, -0.05) is 6.92 Å². The van der Waals surface area contributed by atoms with E-state index in [1.54, 1.807) is 4.90 Å². The molecule has 1 atom stereocenters. The van der Waals surface area contributed by atoms with Crippen LogP contribution < -0.4 is 0 Å². The Morgan fingerprint density at radius 3 is 3.00 bits per heavy atom. The minimum atomic E-state index is -0.135. The van der Waals surface area contributed by atoms with Crippen LogP contribution in [0.5, 0.6) is 0 Å². The molecular formula is C9H15NO2. The van der Waals surface area contributed by atoms with Gasteiger partial charge in [-0.3, -0.25) is 4.79 Å². The van der Waals surface area contributed by atoms with Crippen molar-refractivity contribution in [2.24, 2.45) is 0 Å². The van der Waals surface area contributed by atoms with Crippen molar-refractivity contribution >= 4 is 12.2 Å². The zero-order valence-corrected chi connectivity index (χ0v) is 7.45. The molecule has 0 radical (unpaired) electrons. The Bertz CT molecular complexity index is 179. The van der Waals surface area contributed by atoms with Crippen molar-refractivity contribution in [2.75, 3.05) is 6.54 Å². The molecule has 1 saturated heterocycles. The van der Waals surface area contributed by atoms with Gasteiger partial charge in [-0.2, -0.15) is 0 Å². The third-order valence-corrected chi connectivity index (χ3v) is 2.24. The molecule has 0 aliphatic carbocycles. The molecule has 1 heterocycles. The lowest BCUT2D eigenvalue weighted by molar-refractivity contribution is -0.134. The molecule has 12 heavy (non-hydrogen) atoms. The van der Waals surface area contributed by atoms with Crippen molar-refractivity contribution in [1.29, 1.82) is 0 Å². The van der Waals surface area contributed by atoms with E-state index in [4.69, 9.17) is 0 Å². The highest BCUT2D eigenvalue weighted by atomic mass is 16.2. The maximum absolute atomic E-state index is 11.4. The highest BCUT2D eigenvalue weighted by Gasteiger charge is 2.27. The van der Waals surface area contributed by atoms with Gasteiger partial charge in [-0.05, 0) is 19.3 Å². The number of hydrogen-bond donors (Lipinski definition) is 0. The van der Waals surface area contributed by atoms with Crippen LogP contribution in [0, 0.1) is 0 Å². The normalized spacial score (nSPS) is 22.8. The van der Waals surface area contributed by atoms with E-state index in [0.717, 1.165) is 32.1 Å². The predicted molar refractivity (Wildman–Crippen MR) is 45.7 cm³/mol. The SMILES string of the molecule is CCCC(=O)N1CCC[C@H]1C=O. The lowest BCUT2D eigenvalue weighted by Crippen LogP contribution is -2.36. The summed E-state index contributed by atoms with van der Waals surface area (Å²) in [7, 11) is 0. The average molecular weight is 169 g/mol. The van der Waals surface area contributed by atoms with Crippen LogP contribution in [0.15, 0.2) is 0 Å². The van der Waals surface area contributed by atoms with Crippen LogP contribution in [0.3, 0.4) is 0 Å². The quantitative estimate of drug-likeness (QED) is 0.590. The first-order valence-corrected chi connectivity index (χ1v) is 4.54. The summed E-state index contributed by atoms with van der Waals surface area (Å²) in [5.41, 5.74) is 0. The van der Waals surface area contributed by atoms with E-state index in [2.05, 4.69) is 0 Å². The number of hydrogen-bond acceptors (Lipinski definition) is 2. The average Bonchev–Trinajstić information content (AvgIpc) is 2.51. The third-order valence-electron chi connectivity index (χ3n) is 2.24. The molecule has 0 spiro atoms. The molecule has 3 nitrogen and oxygen atoms in total. The zero-order chi connectivity index (χ0) is 8.97. The van der Waals surface area contributed by atoms with Crippen LogP contribution in [0.4, 0.5) is 0 Å². The maximum atomic E-state index is 11.4. The van der Waals surface area contributed by atoms with Crippen molar-refractivity contribution < 1.29 is 9.59 Å². The number of carbonyl (C=O) groups excluding carboxylic acids is 2. The molecular weight excluding hydrogens is 154 g/mol. The van der Waals surface area contributed by atoms with E-state index in [1.165, 1.54) is 0 Å². The topological polar surface area (TPSA) is 37.4 Å². The Kier molecular flexibility index (Phi) is 3.26. The van der Waals surface area contributed by atoms with Crippen LogP contribution in [-0.4, -0.2) is 29.7 Å². The molecule has 0 aromatic heterocycles. The van der Waals surface area contributed by atoms with Gasteiger partial charge in [0.15, 0.2) is 0 Å². The van der Waals surface area contributed by atoms with Crippen LogP contribution >= 0.6 is 0 Å². The fraction of sp³-hybridized carbons (Fsp3) is 0.778. The van der Waals surface area contributed by atoms with E-state index in [0.29, 0.717) is 6.42 Å². The second kappa shape index (κ2) is 4.24. The van der Waals surface area contributed by atoms with Gasteiger partial charge >= 0.3 is 0 Å². The number of rotatable bonds is 3. The van der Waals surface area contributed by atoms with Gasteiger partial charge in [-0.15, -0.1) is 0 Å². The molecule has 1 aliphatic rings. The Morgan fingerprint density at radius 2 is 2.42 bits per heavy atom. The molecule has 0 unspecified atom stereocenters. The van der Waals surface area contributed by atoms with E-state index in [-0.39, 0.29) is 11.9 Å². The second-order valence-corrected chi connectivity index (χ2v) is 3.18. The number of aldehydes is 1. The van der Waals surface area contributed by atoms with Gasteiger partial charge in [0.1, 0.15) is 6.29 Å². The van der Waals surface area contributed by atoms with Crippen molar-refractivity contribution in [3.8, 4) is 0 Å². The summed E-state index contributed by atoms with van der Waals surface area (Å²) in [6.07, 6.45) is 4.14. The third kappa shape index (κ3) is 1.84. The fourth-order valence-electron chi connectivity index (χ4n) is 1.60. The molecule has 0 aromatic carbocycles. The first kappa shape index (κ1) is 9.23.